The summed E-state index contributed by atoms with van der Waals surface area (Å²) in [7, 11) is 0. The van der Waals surface area contributed by atoms with Gasteiger partial charge in [-0.3, -0.25) is 4.79 Å². The molecule has 2 unspecified atom stereocenters. The van der Waals surface area contributed by atoms with Crippen molar-refractivity contribution in [2.24, 2.45) is 5.41 Å². The van der Waals surface area contributed by atoms with Crippen LogP contribution in [-0.4, -0.2) is 36.3 Å². The molecule has 0 amide bonds. The van der Waals surface area contributed by atoms with Gasteiger partial charge in [0.25, 0.3) is 0 Å². The number of hydrogen-bond acceptors (Lipinski definition) is 4. The lowest BCUT2D eigenvalue weighted by molar-refractivity contribution is -0.140. The van der Waals surface area contributed by atoms with Gasteiger partial charge in [-0.05, 0) is 59.4 Å². The Bertz CT molecular complexity index is 680. The van der Waals surface area contributed by atoms with Gasteiger partial charge in [-0.2, -0.15) is 0 Å². The van der Waals surface area contributed by atoms with Crippen LogP contribution >= 0.6 is 0 Å². The Kier molecular flexibility index (Phi) is 11.3. The number of ether oxygens (including phenoxy) is 3. The van der Waals surface area contributed by atoms with Crippen LogP contribution in [-0.2, 0) is 19.0 Å². The molecular weight excluding hydrogens is 400 g/mol. The number of hydrogen-bond donors (Lipinski definition) is 0. The Balaban J connectivity index is 2.62. The topological polar surface area (TPSA) is 44.8 Å². The van der Waals surface area contributed by atoms with Crippen molar-refractivity contribution in [3.05, 3.63) is 48.6 Å². The van der Waals surface area contributed by atoms with Crippen LogP contribution < -0.4 is 0 Å². The highest BCUT2D eigenvalue weighted by atomic mass is 16.6. The van der Waals surface area contributed by atoms with E-state index in [9.17, 15) is 4.79 Å². The molecule has 0 aromatic heterocycles. The van der Waals surface area contributed by atoms with Gasteiger partial charge < -0.3 is 14.2 Å². The molecule has 1 rings (SSSR count). The van der Waals surface area contributed by atoms with E-state index in [-0.39, 0.29) is 23.2 Å². The molecule has 0 aliphatic carbocycles. The summed E-state index contributed by atoms with van der Waals surface area (Å²) in [5.41, 5.74) is 0.0982. The maximum atomic E-state index is 12.2. The summed E-state index contributed by atoms with van der Waals surface area (Å²) in [6.07, 6.45) is 4.76. The van der Waals surface area contributed by atoms with Gasteiger partial charge in [0, 0.05) is 11.8 Å². The van der Waals surface area contributed by atoms with Crippen molar-refractivity contribution < 1.29 is 19.0 Å². The van der Waals surface area contributed by atoms with Gasteiger partial charge in [0.1, 0.15) is 11.9 Å². The van der Waals surface area contributed by atoms with Gasteiger partial charge in [0.2, 0.25) is 0 Å². The lowest BCUT2D eigenvalue weighted by atomic mass is 9.87. The highest BCUT2D eigenvalue weighted by Gasteiger charge is 2.27. The van der Waals surface area contributed by atoms with E-state index in [1.807, 2.05) is 58.9 Å². The third kappa shape index (κ3) is 11.9. The van der Waals surface area contributed by atoms with Crippen LogP contribution in [0.1, 0.15) is 92.7 Å². The Morgan fingerprint density at radius 2 is 1.62 bits per heavy atom. The predicted molar refractivity (Wildman–Crippen MR) is 133 cm³/mol. The van der Waals surface area contributed by atoms with E-state index in [0.717, 1.165) is 24.8 Å². The number of ketones is 1. The molecule has 0 bridgehead atoms. The lowest BCUT2D eigenvalue weighted by Gasteiger charge is -2.32. The quantitative estimate of drug-likeness (QED) is 0.286. The highest BCUT2D eigenvalue weighted by Crippen LogP contribution is 2.26. The average molecular weight is 447 g/mol. The van der Waals surface area contributed by atoms with Crippen molar-refractivity contribution in [1.29, 1.82) is 0 Å². The third-order valence-corrected chi connectivity index (χ3v) is 5.07. The Hall–Kier alpha value is -1.49. The zero-order valence-electron chi connectivity index (χ0n) is 21.7. The SMILES string of the molecule is C=CCC(CCCC(=O)C(C)(C)C)OC(C)(C)COCC(OC(C)(C)C)c1ccccc1. The predicted octanol–water partition coefficient (Wildman–Crippen LogP) is 7.08. The fraction of sp³-hybridized carbons (Fsp3) is 0.679. The minimum Gasteiger partial charge on any atom is -0.375 e. The number of carbonyl (C=O) groups is 1. The number of benzene rings is 1. The molecule has 0 spiro atoms. The normalized spacial score (nSPS) is 14.8. The molecule has 182 valence electrons. The molecule has 2 atom stereocenters. The summed E-state index contributed by atoms with van der Waals surface area (Å²) in [5.74, 6) is 0.295. The highest BCUT2D eigenvalue weighted by molar-refractivity contribution is 5.83. The van der Waals surface area contributed by atoms with E-state index < -0.39 is 5.60 Å². The van der Waals surface area contributed by atoms with Crippen LogP contribution in [0.15, 0.2) is 43.0 Å². The molecular formula is C28H46O4. The second kappa shape index (κ2) is 12.7. The van der Waals surface area contributed by atoms with Gasteiger partial charge >= 0.3 is 0 Å². The number of rotatable bonds is 14. The molecule has 0 saturated carbocycles. The zero-order chi connectivity index (χ0) is 24.4. The maximum Gasteiger partial charge on any atom is 0.138 e. The number of carbonyl (C=O) groups excluding carboxylic acids is 1. The van der Waals surface area contributed by atoms with Crippen molar-refractivity contribution in [3.63, 3.8) is 0 Å². The molecule has 32 heavy (non-hydrogen) atoms. The first-order valence-corrected chi connectivity index (χ1v) is 11.9. The molecule has 0 radical (unpaired) electrons. The summed E-state index contributed by atoms with van der Waals surface area (Å²) in [4.78, 5) is 12.2. The van der Waals surface area contributed by atoms with E-state index >= 15 is 0 Å². The first kappa shape index (κ1) is 28.5. The fourth-order valence-corrected chi connectivity index (χ4v) is 3.47. The Morgan fingerprint density at radius 1 is 1.00 bits per heavy atom. The van der Waals surface area contributed by atoms with Gasteiger partial charge in [-0.15, -0.1) is 6.58 Å². The van der Waals surface area contributed by atoms with Gasteiger partial charge in [-0.25, -0.2) is 0 Å². The Morgan fingerprint density at radius 3 is 2.16 bits per heavy atom. The maximum absolute atomic E-state index is 12.2. The van der Waals surface area contributed by atoms with Crippen LogP contribution in [0.3, 0.4) is 0 Å². The van der Waals surface area contributed by atoms with Gasteiger partial charge in [-0.1, -0.05) is 57.2 Å². The van der Waals surface area contributed by atoms with Crippen molar-refractivity contribution in [2.45, 2.75) is 104 Å². The minimum absolute atomic E-state index is 0.0228. The van der Waals surface area contributed by atoms with Crippen molar-refractivity contribution in [3.8, 4) is 0 Å². The standard InChI is InChI=1S/C28H46O4/c1-10-15-23(18-14-19-25(29)26(2,3)4)31-28(8,9)21-30-20-24(32-27(5,6)7)22-16-12-11-13-17-22/h10-13,16-17,23-24H,1,14-15,18-21H2,2-9H3. The van der Waals surface area contributed by atoms with E-state index in [2.05, 4.69) is 39.5 Å². The van der Waals surface area contributed by atoms with Crippen LogP contribution in [0.25, 0.3) is 0 Å². The molecule has 1 aromatic rings. The summed E-state index contributed by atoms with van der Waals surface area (Å²) < 4.78 is 18.7. The Labute approximate surface area is 196 Å². The molecule has 0 fully saturated rings. The number of Topliss-reactive ketones (excluding diaryl/α,β-unsaturated/α-hetero) is 1. The van der Waals surface area contributed by atoms with Crippen molar-refractivity contribution in [1.82, 2.24) is 0 Å². The van der Waals surface area contributed by atoms with E-state index in [0.29, 0.717) is 25.4 Å². The minimum atomic E-state index is -0.454. The summed E-state index contributed by atoms with van der Waals surface area (Å²) >= 11 is 0. The smallest absolute Gasteiger partial charge is 0.138 e. The van der Waals surface area contributed by atoms with Gasteiger partial charge in [0.15, 0.2) is 0 Å². The summed E-state index contributed by atoms with van der Waals surface area (Å²) in [6, 6.07) is 10.2. The molecule has 0 heterocycles. The molecule has 0 aliphatic heterocycles. The van der Waals surface area contributed by atoms with Crippen molar-refractivity contribution >= 4 is 5.78 Å². The second-order valence-electron chi connectivity index (χ2n) is 11.2. The molecule has 4 nitrogen and oxygen atoms in total. The van der Waals surface area contributed by atoms with Crippen LogP contribution in [0, 0.1) is 5.41 Å². The van der Waals surface area contributed by atoms with Crippen molar-refractivity contribution in [2.75, 3.05) is 13.2 Å². The summed E-state index contributed by atoms with van der Waals surface area (Å²) in [6.45, 7) is 21.0. The van der Waals surface area contributed by atoms with E-state index in [1.54, 1.807) is 0 Å². The monoisotopic (exact) mass is 446 g/mol. The molecule has 0 saturated heterocycles. The molecule has 1 aromatic carbocycles. The van der Waals surface area contributed by atoms with E-state index in [1.165, 1.54) is 0 Å². The van der Waals surface area contributed by atoms with Crippen LogP contribution in [0.4, 0.5) is 0 Å². The van der Waals surface area contributed by atoms with Crippen LogP contribution in [0.5, 0.6) is 0 Å². The van der Waals surface area contributed by atoms with Crippen LogP contribution in [0.2, 0.25) is 0 Å². The van der Waals surface area contributed by atoms with E-state index in [4.69, 9.17) is 14.2 Å². The summed E-state index contributed by atoms with van der Waals surface area (Å²) in [5, 5.41) is 0. The first-order chi connectivity index (χ1) is 14.7. The molecule has 4 heteroatoms. The first-order valence-electron chi connectivity index (χ1n) is 11.9. The van der Waals surface area contributed by atoms with Gasteiger partial charge in [0.05, 0.1) is 30.5 Å². The zero-order valence-corrected chi connectivity index (χ0v) is 21.7. The average Bonchev–Trinajstić information content (AvgIpc) is 2.66. The fourth-order valence-electron chi connectivity index (χ4n) is 3.47. The molecule has 0 N–H and O–H groups in total. The lowest BCUT2D eigenvalue weighted by Crippen LogP contribution is -2.36. The third-order valence-electron chi connectivity index (χ3n) is 5.07. The second-order valence-corrected chi connectivity index (χ2v) is 11.2. The molecule has 0 aliphatic rings. The largest absolute Gasteiger partial charge is 0.375 e.